The Bertz CT molecular complexity index is 337. The van der Waals surface area contributed by atoms with Crippen LogP contribution in [-0.2, 0) is 7.05 Å². The molecule has 4 heteroatoms. The summed E-state index contributed by atoms with van der Waals surface area (Å²) in [5, 5.41) is 17.4. The third-order valence-corrected chi connectivity index (χ3v) is 3.53. The van der Waals surface area contributed by atoms with E-state index >= 15 is 0 Å². The summed E-state index contributed by atoms with van der Waals surface area (Å²) in [7, 11) is 1.93. The highest BCUT2D eigenvalue weighted by Gasteiger charge is 2.25. The molecule has 4 nitrogen and oxygen atoms in total. The molecule has 0 amide bonds. The van der Waals surface area contributed by atoms with Crippen LogP contribution >= 0.6 is 0 Å². The van der Waals surface area contributed by atoms with Gasteiger partial charge < -0.3 is 10.4 Å². The molecule has 2 N–H and O–H groups in total. The van der Waals surface area contributed by atoms with Gasteiger partial charge in [0.25, 0.3) is 0 Å². The van der Waals surface area contributed by atoms with Crippen LogP contribution in [-0.4, -0.2) is 27.5 Å². The van der Waals surface area contributed by atoms with Gasteiger partial charge in [-0.15, -0.1) is 0 Å². The van der Waals surface area contributed by atoms with Crippen LogP contribution in [0.4, 0.5) is 0 Å². The summed E-state index contributed by atoms with van der Waals surface area (Å²) in [6, 6.07) is 0.307. The molecule has 1 aromatic rings. The van der Waals surface area contributed by atoms with Crippen LogP contribution in [0.1, 0.15) is 37.8 Å². The molecule has 3 atom stereocenters. The highest BCUT2D eigenvalue weighted by Crippen LogP contribution is 2.25. The summed E-state index contributed by atoms with van der Waals surface area (Å²) in [5.74, 6) is 0.430. The first-order valence-electron chi connectivity index (χ1n) is 6.07. The van der Waals surface area contributed by atoms with E-state index in [1.165, 1.54) is 5.56 Å². The Balaban J connectivity index is 1.81. The van der Waals surface area contributed by atoms with Crippen molar-refractivity contribution in [3.8, 4) is 0 Å². The number of aromatic nitrogens is 2. The van der Waals surface area contributed by atoms with Gasteiger partial charge in [-0.2, -0.15) is 5.10 Å². The maximum Gasteiger partial charge on any atom is 0.0580 e. The normalized spacial score (nSPS) is 27.2. The predicted octanol–water partition coefficient (Wildman–Crippen LogP) is 1.23. The van der Waals surface area contributed by atoms with Crippen molar-refractivity contribution in [2.24, 2.45) is 13.0 Å². The van der Waals surface area contributed by atoms with E-state index in [-0.39, 0.29) is 6.10 Å². The zero-order valence-electron chi connectivity index (χ0n) is 10.1. The standard InChI is InChI=1S/C12H21N3O/c1-9(11-7-14-15(2)8-11)13-6-10-4-3-5-12(10)16/h7-10,12-13,16H,3-6H2,1-2H3. The Morgan fingerprint density at radius 2 is 2.44 bits per heavy atom. The van der Waals surface area contributed by atoms with Crippen molar-refractivity contribution >= 4 is 0 Å². The third kappa shape index (κ3) is 2.62. The van der Waals surface area contributed by atoms with Gasteiger partial charge in [0.1, 0.15) is 0 Å². The first-order chi connectivity index (χ1) is 7.66. The fraction of sp³-hybridized carbons (Fsp3) is 0.750. The van der Waals surface area contributed by atoms with E-state index in [0.717, 1.165) is 25.8 Å². The summed E-state index contributed by atoms with van der Waals surface area (Å²) >= 11 is 0. The lowest BCUT2D eigenvalue weighted by atomic mass is 10.1. The molecular formula is C12H21N3O. The van der Waals surface area contributed by atoms with Crippen LogP contribution in [0.25, 0.3) is 0 Å². The van der Waals surface area contributed by atoms with Gasteiger partial charge in [0.05, 0.1) is 12.3 Å². The van der Waals surface area contributed by atoms with Gasteiger partial charge in [0, 0.05) is 31.4 Å². The molecule has 0 radical (unpaired) electrons. The number of aliphatic hydroxyl groups excluding tert-OH is 1. The zero-order chi connectivity index (χ0) is 11.5. The molecule has 0 aromatic carbocycles. The van der Waals surface area contributed by atoms with E-state index in [0.29, 0.717) is 12.0 Å². The Morgan fingerprint density at radius 3 is 3.00 bits per heavy atom. The van der Waals surface area contributed by atoms with E-state index in [2.05, 4.69) is 17.3 Å². The van der Waals surface area contributed by atoms with Crippen LogP contribution < -0.4 is 5.32 Å². The summed E-state index contributed by atoms with van der Waals surface area (Å²) in [6.45, 7) is 3.04. The number of hydrogen-bond donors (Lipinski definition) is 2. The van der Waals surface area contributed by atoms with E-state index in [9.17, 15) is 5.11 Å². The summed E-state index contributed by atoms with van der Waals surface area (Å²) in [4.78, 5) is 0. The molecule has 3 unspecified atom stereocenters. The maximum absolute atomic E-state index is 9.72. The smallest absolute Gasteiger partial charge is 0.0580 e. The molecule has 2 rings (SSSR count). The lowest BCUT2D eigenvalue weighted by molar-refractivity contribution is 0.130. The van der Waals surface area contributed by atoms with Crippen LogP contribution in [0.2, 0.25) is 0 Å². The van der Waals surface area contributed by atoms with E-state index in [1.54, 1.807) is 0 Å². The minimum atomic E-state index is -0.103. The van der Waals surface area contributed by atoms with Crippen molar-refractivity contribution in [2.75, 3.05) is 6.54 Å². The second kappa shape index (κ2) is 4.97. The predicted molar refractivity (Wildman–Crippen MR) is 63.0 cm³/mol. The lowest BCUT2D eigenvalue weighted by Crippen LogP contribution is -2.29. The second-order valence-corrected chi connectivity index (χ2v) is 4.84. The highest BCUT2D eigenvalue weighted by molar-refractivity contribution is 5.08. The first-order valence-corrected chi connectivity index (χ1v) is 6.07. The van der Waals surface area contributed by atoms with Crippen molar-refractivity contribution in [1.29, 1.82) is 0 Å². The van der Waals surface area contributed by atoms with Gasteiger partial charge in [0.2, 0.25) is 0 Å². The monoisotopic (exact) mass is 223 g/mol. The van der Waals surface area contributed by atoms with E-state index < -0.39 is 0 Å². The molecule has 0 bridgehead atoms. The zero-order valence-corrected chi connectivity index (χ0v) is 10.1. The quantitative estimate of drug-likeness (QED) is 0.807. The highest BCUT2D eigenvalue weighted by atomic mass is 16.3. The molecule has 16 heavy (non-hydrogen) atoms. The van der Waals surface area contributed by atoms with Gasteiger partial charge in [-0.25, -0.2) is 0 Å². The van der Waals surface area contributed by atoms with Crippen LogP contribution in [0.15, 0.2) is 12.4 Å². The van der Waals surface area contributed by atoms with Crippen molar-refractivity contribution in [2.45, 2.75) is 38.3 Å². The van der Waals surface area contributed by atoms with Gasteiger partial charge in [-0.3, -0.25) is 4.68 Å². The van der Waals surface area contributed by atoms with Crippen LogP contribution in [0.5, 0.6) is 0 Å². The molecule has 1 aliphatic rings. The fourth-order valence-electron chi connectivity index (χ4n) is 2.37. The molecule has 1 aromatic heterocycles. The maximum atomic E-state index is 9.72. The molecule has 90 valence electrons. The Labute approximate surface area is 96.7 Å². The van der Waals surface area contributed by atoms with Crippen LogP contribution in [0, 0.1) is 5.92 Å². The molecule has 0 saturated heterocycles. The van der Waals surface area contributed by atoms with Gasteiger partial charge in [-0.05, 0) is 25.7 Å². The summed E-state index contributed by atoms with van der Waals surface area (Å²) in [6.07, 6.45) is 7.09. The number of aryl methyl sites for hydroxylation is 1. The first kappa shape index (κ1) is 11.6. The number of rotatable bonds is 4. The largest absolute Gasteiger partial charge is 0.393 e. The average molecular weight is 223 g/mol. The molecule has 1 aliphatic carbocycles. The molecule has 1 fully saturated rings. The van der Waals surface area contributed by atoms with E-state index in [1.807, 2.05) is 24.1 Å². The van der Waals surface area contributed by atoms with Crippen LogP contribution in [0.3, 0.4) is 0 Å². The third-order valence-electron chi connectivity index (χ3n) is 3.53. The lowest BCUT2D eigenvalue weighted by Gasteiger charge is -2.18. The molecular weight excluding hydrogens is 202 g/mol. The number of hydrogen-bond acceptors (Lipinski definition) is 3. The minimum absolute atomic E-state index is 0.103. The van der Waals surface area contributed by atoms with Crippen molar-refractivity contribution in [1.82, 2.24) is 15.1 Å². The van der Waals surface area contributed by atoms with Gasteiger partial charge in [-0.1, -0.05) is 6.42 Å². The minimum Gasteiger partial charge on any atom is -0.393 e. The topological polar surface area (TPSA) is 50.1 Å². The number of nitrogens with one attached hydrogen (secondary N) is 1. The van der Waals surface area contributed by atoms with Crippen molar-refractivity contribution < 1.29 is 5.11 Å². The summed E-state index contributed by atoms with van der Waals surface area (Å²) in [5.41, 5.74) is 1.20. The van der Waals surface area contributed by atoms with Crippen molar-refractivity contribution in [3.63, 3.8) is 0 Å². The molecule has 0 spiro atoms. The Hall–Kier alpha value is -0.870. The number of aliphatic hydroxyl groups is 1. The van der Waals surface area contributed by atoms with Crippen molar-refractivity contribution in [3.05, 3.63) is 18.0 Å². The molecule has 0 aliphatic heterocycles. The fourth-order valence-corrected chi connectivity index (χ4v) is 2.37. The van der Waals surface area contributed by atoms with Gasteiger partial charge in [0.15, 0.2) is 0 Å². The molecule has 1 heterocycles. The van der Waals surface area contributed by atoms with Gasteiger partial charge >= 0.3 is 0 Å². The van der Waals surface area contributed by atoms with E-state index in [4.69, 9.17) is 0 Å². The molecule has 1 saturated carbocycles. The summed E-state index contributed by atoms with van der Waals surface area (Å²) < 4.78 is 1.82. The Kier molecular flexibility index (Phi) is 3.61. The average Bonchev–Trinajstić information content (AvgIpc) is 2.84. The Morgan fingerprint density at radius 1 is 1.62 bits per heavy atom. The second-order valence-electron chi connectivity index (χ2n) is 4.84. The SMILES string of the molecule is CC(NCC1CCCC1O)c1cnn(C)c1. The number of nitrogens with zero attached hydrogens (tertiary/aromatic N) is 2.